The summed E-state index contributed by atoms with van der Waals surface area (Å²) >= 11 is 0. The fourth-order valence-electron chi connectivity index (χ4n) is 9.02. The minimum Gasteiger partial charge on any atom is -0.462 e. The minimum absolute atomic E-state index is 0.0217. The van der Waals surface area contributed by atoms with Crippen molar-refractivity contribution < 1.29 is 39.1 Å². The van der Waals surface area contributed by atoms with Gasteiger partial charge in [-0.15, -0.1) is 0 Å². The molecule has 0 radical (unpaired) electrons. The van der Waals surface area contributed by atoms with Crippen molar-refractivity contribution in [2.24, 2.45) is 23.7 Å². The second-order valence-corrected chi connectivity index (χ2v) is 17.0. The fraction of sp³-hybridized carbons (Fsp3) is 0.857. The molecule has 11 nitrogen and oxygen atoms in total. The lowest BCUT2D eigenvalue weighted by molar-refractivity contribution is -0.304. The Balaban J connectivity index is 1.66. The molecule has 0 spiro atoms. The van der Waals surface area contributed by atoms with Crippen molar-refractivity contribution in [2.75, 3.05) is 40.3 Å². The number of aliphatic hydroxyl groups is 3. The number of ether oxygens (including phenoxy) is 3. The van der Waals surface area contributed by atoms with Crippen molar-refractivity contribution in [3.8, 4) is 0 Å². The van der Waals surface area contributed by atoms with E-state index in [4.69, 9.17) is 14.2 Å². The molecule has 11 heteroatoms. The van der Waals surface area contributed by atoms with E-state index in [2.05, 4.69) is 16.3 Å². The van der Waals surface area contributed by atoms with Gasteiger partial charge in [0.1, 0.15) is 12.2 Å². The molecule has 3 fully saturated rings. The average molecular weight is 748 g/mol. The Kier molecular flexibility index (Phi) is 17.9. The van der Waals surface area contributed by atoms with Crippen molar-refractivity contribution in [3.05, 3.63) is 23.8 Å². The zero-order chi connectivity index (χ0) is 38.7. The summed E-state index contributed by atoms with van der Waals surface area (Å²) in [4.78, 5) is 31.7. The second kappa shape index (κ2) is 21.6. The first kappa shape index (κ1) is 44.0. The SMILES string of the molecule is CC[C@H]1OC(=O)C[C@@H](O)[C@H](C)[C@@H](O[C@@H]2O[C@H](C)[C@@H](O)[C@H](N(C)C)[C@H]2O)[C@@H](CCN2CCCCC2)C[C@@H](C)C(=O)/C=C/C(C)=C/[C@@H]1CNC1CCCCC1. The average Bonchev–Trinajstić information content (AvgIpc) is 3.14. The number of carbonyl (C=O) groups excluding carboxylic acids is 2. The standard InChI is InChI=1S/C42H73N3O8/c1-8-36-32(26-43-33-15-11-9-12-16-33)23-27(2)17-18-34(46)28(3)24-31(19-22-45-20-13-10-14-21-45)41(29(4)35(47)25-37(48)52-36)53-42-40(50)38(44(6)7)39(49)30(5)51-42/h17-18,23,28-33,35-36,38-43,47,49-50H,8-16,19-22,24-26H2,1-7H3/b18-17+,27-23+/t28-,29+,30-,31+,32-,35-,36-,38+,39-,40-,41-,42+/m1/s1. The molecule has 304 valence electrons. The van der Waals surface area contributed by atoms with Crippen LogP contribution in [0.15, 0.2) is 23.8 Å². The van der Waals surface area contributed by atoms with Gasteiger partial charge in [0, 0.05) is 30.3 Å². The van der Waals surface area contributed by atoms with Crippen LogP contribution in [0.25, 0.3) is 0 Å². The highest BCUT2D eigenvalue weighted by Crippen LogP contribution is 2.35. The quantitative estimate of drug-likeness (QED) is 0.233. The molecule has 3 aliphatic heterocycles. The van der Waals surface area contributed by atoms with Gasteiger partial charge in [0.2, 0.25) is 0 Å². The van der Waals surface area contributed by atoms with E-state index >= 15 is 0 Å². The Morgan fingerprint density at radius 1 is 0.962 bits per heavy atom. The molecule has 53 heavy (non-hydrogen) atoms. The van der Waals surface area contributed by atoms with Crippen molar-refractivity contribution in [3.63, 3.8) is 0 Å². The van der Waals surface area contributed by atoms with Gasteiger partial charge < -0.3 is 44.6 Å². The van der Waals surface area contributed by atoms with E-state index in [9.17, 15) is 24.9 Å². The Labute approximate surface area is 319 Å². The molecule has 12 atom stereocenters. The summed E-state index contributed by atoms with van der Waals surface area (Å²) < 4.78 is 19.1. The topological polar surface area (TPSA) is 141 Å². The number of likely N-dealkylation sites (tertiary alicyclic amines) is 1. The molecular formula is C42H73N3O8. The predicted molar refractivity (Wildman–Crippen MR) is 207 cm³/mol. The summed E-state index contributed by atoms with van der Waals surface area (Å²) in [5, 5.41) is 38.0. The number of nitrogens with zero attached hydrogens (tertiary/aromatic N) is 2. The number of carbonyl (C=O) groups is 2. The Morgan fingerprint density at radius 3 is 2.30 bits per heavy atom. The third-order valence-corrected chi connectivity index (χ3v) is 12.5. The number of hydrogen-bond acceptors (Lipinski definition) is 11. The van der Waals surface area contributed by atoms with Gasteiger partial charge in [0.05, 0.1) is 36.9 Å². The summed E-state index contributed by atoms with van der Waals surface area (Å²) in [6.45, 7) is 13.1. The number of rotatable bonds is 10. The van der Waals surface area contributed by atoms with Gasteiger partial charge in [0.25, 0.3) is 0 Å². The van der Waals surface area contributed by atoms with E-state index in [1.165, 1.54) is 25.7 Å². The molecule has 0 unspecified atom stereocenters. The maximum Gasteiger partial charge on any atom is 0.308 e. The van der Waals surface area contributed by atoms with Crippen LogP contribution in [0.5, 0.6) is 0 Å². The fourth-order valence-corrected chi connectivity index (χ4v) is 9.02. The Morgan fingerprint density at radius 2 is 1.64 bits per heavy atom. The van der Waals surface area contributed by atoms with Gasteiger partial charge >= 0.3 is 5.97 Å². The number of hydrogen-bond donors (Lipinski definition) is 4. The predicted octanol–water partition coefficient (Wildman–Crippen LogP) is 4.62. The molecule has 4 N–H and O–H groups in total. The zero-order valence-corrected chi connectivity index (χ0v) is 33.8. The first-order valence-electron chi connectivity index (χ1n) is 20.9. The molecule has 2 saturated heterocycles. The number of esters is 1. The number of cyclic esters (lactones) is 1. The van der Waals surface area contributed by atoms with Crippen LogP contribution in [0.4, 0.5) is 0 Å². The van der Waals surface area contributed by atoms with Crippen LogP contribution >= 0.6 is 0 Å². The van der Waals surface area contributed by atoms with Crippen molar-refractivity contribution >= 4 is 11.8 Å². The highest BCUT2D eigenvalue weighted by molar-refractivity contribution is 5.91. The van der Waals surface area contributed by atoms with Gasteiger partial charge in [-0.05, 0) is 105 Å². The Bertz CT molecular complexity index is 1180. The summed E-state index contributed by atoms with van der Waals surface area (Å²) in [6.07, 6.45) is 10.8. The van der Waals surface area contributed by atoms with E-state index in [-0.39, 0.29) is 30.0 Å². The van der Waals surface area contributed by atoms with Crippen LogP contribution in [0, 0.1) is 23.7 Å². The van der Waals surface area contributed by atoms with E-state index < -0.39 is 60.8 Å². The zero-order valence-electron chi connectivity index (χ0n) is 33.8. The maximum atomic E-state index is 13.8. The second-order valence-electron chi connectivity index (χ2n) is 17.0. The largest absolute Gasteiger partial charge is 0.462 e. The lowest BCUT2D eigenvalue weighted by Crippen LogP contribution is -2.63. The van der Waals surface area contributed by atoms with Crippen molar-refractivity contribution in [1.82, 2.24) is 15.1 Å². The van der Waals surface area contributed by atoms with Gasteiger partial charge in [-0.25, -0.2) is 0 Å². The summed E-state index contributed by atoms with van der Waals surface area (Å²) in [7, 11) is 3.60. The molecule has 0 aromatic rings. The maximum absolute atomic E-state index is 13.8. The molecule has 3 heterocycles. The third kappa shape index (κ3) is 12.9. The van der Waals surface area contributed by atoms with Crippen LogP contribution in [0.1, 0.15) is 112 Å². The molecule has 1 saturated carbocycles. The van der Waals surface area contributed by atoms with E-state index in [0.717, 1.165) is 50.9 Å². The number of likely N-dealkylation sites (N-methyl/N-ethyl adjacent to an activating group) is 1. The van der Waals surface area contributed by atoms with Crippen LogP contribution in [0.2, 0.25) is 0 Å². The van der Waals surface area contributed by atoms with Crippen LogP contribution in [-0.4, -0.2) is 132 Å². The molecule has 0 bridgehead atoms. The Hall–Kier alpha value is -1.70. The van der Waals surface area contributed by atoms with Gasteiger partial charge in [-0.2, -0.15) is 0 Å². The molecule has 1 aliphatic carbocycles. The number of allylic oxidation sites excluding steroid dienone is 3. The van der Waals surface area contributed by atoms with E-state index in [1.54, 1.807) is 32.0 Å². The third-order valence-electron chi connectivity index (χ3n) is 12.5. The van der Waals surface area contributed by atoms with Crippen molar-refractivity contribution in [2.45, 2.75) is 167 Å². The van der Waals surface area contributed by atoms with Crippen LogP contribution in [-0.2, 0) is 23.8 Å². The first-order chi connectivity index (χ1) is 25.3. The normalized spacial score (nSPS) is 39.7. The molecule has 4 aliphatic rings. The van der Waals surface area contributed by atoms with E-state index in [1.807, 2.05) is 33.8 Å². The van der Waals surface area contributed by atoms with Gasteiger partial charge in [0.15, 0.2) is 12.1 Å². The first-order valence-corrected chi connectivity index (χ1v) is 20.9. The van der Waals surface area contributed by atoms with E-state index in [0.29, 0.717) is 31.8 Å². The number of piperidine rings is 1. The lowest BCUT2D eigenvalue weighted by Gasteiger charge is -2.47. The highest BCUT2D eigenvalue weighted by atomic mass is 16.7. The summed E-state index contributed by atoms with van der Waals surface area (Å²) in [5.41, 5.74) is 0.939. The van der Waals surface area contributed by atoms with Gasteiger partial charge in [-0.1, -0.05) is 64.2 Å². The highest BCUT2D eigenvalue weighted by Gasteiger charge is 2.47. The molecule has 0 amide bonds. The van der Waals surface area contributed by atoms with Crippen LogP contribution in [0.3, 0.4) is 0 Å². The van der Waals surface area contributed by atoms with Crippen LogP contribution < -0.4 is 5.32 Å². The number of ketones is 1. The lowest BCUT2D eigenvalue weighted by atomic mass is 9.79. The molecule has 0 aromatic heterocycles. The summed E-state index contributed by atoms with van der Waals surface area (Å²) in [6, 6.07) is -0.192. The smallest absolute Gasteiger partial charge is 0.308 e. The minimum atomic E-state index is -1.17. The molecular weight excluding hydrogens is 674 g/mol. The van der Waals surface area contributed by atoms with Gasteiger partial charge in [-0.3, -0.25) is 9.59 Å². The number of aliphatic hydroxyl groups excluding tert-OH is 3. The molecule has 0 aromatic carbocycles. The number of nitrogens with one attached hydrogen (secondary N) is 1. The monoisotopic (exact) mass is 748 g/mol. The van der Waals surface area contributed by atoms with Crippen molar-refractivity contribution in [1.29, 1.82) is 0 Å². The molecule has 4 rings (SSSR count). The summed E-state index contributed by atoms with van der Waals surface area (Å²) in [5.74, 6) is -1.65.